The molecule has 0 spiro atoms. The molecule has 1 aromatic heterocycles. The number of ketones is 1. The Balaban J connectivity index is 2.24. The molecule has 1 aliphatic rings. The van der Waals surface area contributed by atoms with Crippen molar-refractivity contribution in [3.63, 3.8) is 0 Å². The van der Waals surface area contributed by atoms with Gasteiger partial charge in [-0.3, -0.25) is 9.78 Å². The maximum absolute atomic E-state index is 12.0. The standard InChI is InChI=1S/C12H15NO2/c1-8(15-2)12(14)10-6-5-9-4-3-7-13-11(9)10/h3-4,7-8,10H,5-6H2,1-2H3. The molecule has 0 N–H and O–H groups in total. The zero-order valence-corrected chi connectivity index (χ0v) is 9.06. The first-order valence-corrected chi connectivity index (χ1v) is 5.24. The molecule has 15 heavy (non-hydrogen) atoms. The summed E-state index contributed by atoms with van der Waals surface area (Å²) in [5, 5.41) is 0. The second-order valence-corrected chi connectivity index (χ2v) is 3.92. The van der Waals surface area contributed by atoms with E-state index in [0.717, 1.165) is 18.5 Å². The van der Waals surface area contributed by atoms with Gasteiger partial charge < -0.3 is 4.74 Å². The van der Waals surface area contributed by atoms with Crippen LogP contribution in [-0.4, -0.2) is 24.0 Å². The Morgan fingerprint density at radius 1 is 1.67 bits per heavy atom. The van der Waals surface area contributed by atoms with E-state index in [1.807, 2.05) is 12.1 Å². The molecule has 1 heterocycles. The predicted octanol–water partition coefficient (Wildman–Crippen LogP) is 1.72. The zero-order valence-electron chi connectivity index (χ0n) is 9.06. The summed E-state index contributed by atoms with van der Waals surface area (Å²) >= 11 is 0. The number of methoxy groups -OCH3 is 1. The number of aromatic nitrogens is 1. The summed E-state index contributed by atoms with van der Waals surface area (Å²) in [5.41, 5.74) is 2.16. The number of hydrogen-bond donors (Lipinski definition) is 0. The topological polar surface area (TPSA) is 39.2 Å². The van der Waals surface area contributed by atoms with Crippen LogP contribution in [0.2, 0.25) is 0 Å². The van der Waals surface area contributed by atoms with Gasteiger partial charge in [-0.2, -0.15) is 0 Å². The fourth-order valence-corrected chi connectivity index (χ4v) is 2.09. The molecule has 0 amide bonds. The van der Waals surface area contributed by atoms with Crippen LogP contribution in [0.3, 0.4) is 0 Å². The molecule has 3 heteroatoms. The lowest BCUT2D eigenvalue weighted by molar-refractivity contribution is -0.129. The minimum absolute atomic E-state index is 0.0591. The minimum Gasteiger partial charge on any atom is -0.374 e. The number of aryl methyl sites for hydroxylation is 1. The van der Waals surface area contributed by atoms with E-state index < -0.39 is 0 Å². The first kappa shape index (κ1) is 10.3. The summed E-state index contributed by atoms with van der Waals surface area (Å²) in [4.78, 5) is 16.3. The average molecular weight is 205 g/mol. The van der Waals surface area contributed by atoms with Crippen LogP contribution in [0.5, 0.6) is 0 Å². The summed E-state index contributed by atoms with van der Waals surface area (Å²) in [6, 6.07) is 3.97. The Kier molecular flexibility index (Phi) is 2.82. The van der Waals surface area contributed by atoms with Crippen molar-refractivity contribution in [3.8, 4) is 0 Å². The molecule has 80 valence electrons. The van der Waals surface area contributed by atoms with Crippen LogP contribution in [0.4, 0.5) is 0 Å². The van der Waals surface area contributed by atoms with Gasteiger partial charge in [-0.25, -0.2) is 0 Å². The summed E-state index contributed by atoms with van der Waals surface area (Å²) in [6.45, 7) is 1.79. The third-order valence-corrected chi connectivity index (χ3v) is 3.06. The Morgan fingerprint density at radius 2 is 2.47 bits per heavy atom. The first-order valence-electron chi connectivity index (χ1n) is 5.24. The Hall–Kier alpha value is -1.22. The Bertz CT molecular complexity index is 376. The number of fused-ring (bicyclic) bond motifs is 1. The van der Waals surface area contributed by atoms with Crippen LogP contribution < -0.4 is 0 Å². The van der Waals surface area contributed by atoms with Crippen molar-refractivity contribution < 1.29 is 9.53 Å². The van der Waals surface area contributed by atoms with Crippen molar-refractivity contribution in [2.45, 2.75) is 31.8 Å². The smallest absolute Gasteiger partial charge is 0.170 e. The van der Waals surface area contributed by atoms with Crippen molar-refractivity contribution in [1.82, 2.24) is 4.98 Å². The average Bonchev–Trinajstić information content (AvgIpc) is 2.70. The van der Waals surface area contributed by atoms with Crippen molar-refractivity contribution in [1.29, 1.82) is 0 Å². The highest BCUT2D eigenvalue weighted by atomic mass is 16.5. The van der Waals surface area contributed by atoms with E-state index in [4.69, 9.17) is 4.74 Å². The SMILES string of the molecule is COC(C)C(=O)C1CCc2cccnc21. The van der Waals surface area contributed by atoms with Crippen LogP contribution in [0, 0.1) is 0 Å². The van der Waals surface area contributed by atoms with Crippen molar-refractivity contribution in [3.05, 3.63) is 29.6 Å². The summed E-state index contributed by atoms with van der Waals surface area (Å²) in [7, 11) is 1.57. The number of Topliss-reactive ketones (excluding diaryl/α,β-unsaturated/α-hetero) is 1. The fourth-order valence-electron chi connectivity index (χ4n) is 2.09. The van der Waals surface area contributed by atoms with Gasteiger partial charge in [-0.05, 0) is 31.4 Å². The first-order chi connectivity index (χ1) is 7.24. The molecule has 0 aromatic carbocycles. The van der Waals surface area contributed by atoms with Gasteiger partial charge >= 0.3 is 0 Å². The van der Waals surface area contributed by atoms with E-state index >= 15 is 0 Å². The predicted molar refractivity (Wildman–Crippen MR) is 56.8 cm³/mol. The van der Waals surface area contributed by atoms with Gasteiger partial charge in [-0.1, -0.05) is 6.07 Å². The van der Waals surface area contributed by atoms with Crippen LogP contribution in [0.1, 0.15) is 30.5 Å². The van der Waals surface area contributed by atoms with Gasteiger partial charge in [0.05, 0.1) is 11.6 Å². The normalized spacial score (nSPS) is 21.1. The van der Waals surface area contributed by atoms with E-state index in [1.54, 1.807) is 20.2 Å². The van der Waals surface area contributed by atoms with E-state index in [-0.39, 0.29) is 17.8 Å². The number of nitrogens with zero attached hydrogens (tertiary/aromatic N) is 1. The minimum atomic E-state index is -0.331. The van der Waals surface area contributed by atoms with Gasteiger partial charge in [0.2, 0.25) is 0 Å². The van der Waals surface area contributed by atoms with Crippen LogP contribution in [0.25, 0.3) is 0 Å². The van der Waals surface area contributed by atoms with Crippen molar-refractivity contribution in [2.75, 3.05) is 7.11 Å². The molecule has 0 fully saturated rings. The number of rotatable bonds is 3. The van der Waals surface area contributed by atoms with E-state index in [0.29, 0.717) is 0 Å². The monoisotopic (exact) mass is 205 g/mol. The summed E-state index contributed by atoms with van der Waals surface area (Å²) in [6.07, 6.45) is 3.25. The molecule has 3 nitrogen and oxygen atoms in total. The third-order valence-electron chi connectivity index (χ3n) is 3.06. The van der Waals surface area contributed by atoms with Crippen molar-refractivity contribution >= 4 is 5.78 Å². The van der Waals surface area contributed by atoms with Crippen LogP contribution >= 0.6 is 0 Å². The third kappa shape index (κ3) is 1.79. The highest BCUT2D eigenvalue weighted by Crippen LogP contribution is 2.32. The lowest BCUT2D eigenvalue weighted by Crippen LogP contribution is -2.25. The van der Waals surface area contributed by atoms with Gasteiger partial charge in [-0.15, -0.1) is 0 Å². The van der Waals surface area contributed by atoms with Crippen LogP contribution in [-0.2, 0) is 16.0 Å². The second-order valence-electron chi connectivity index (χ2n) is 3.92. The number of carbonyl (C=O) groups excluding carboxylic acids is 1. The molecule has 2 atom stereocenters. The Labute approximate surface area is 89.5 Å². The molecule has 0 radical (unpaired) electrons. The molecular formula is C12H15NO2. The van der Waals surface area contributed by atoms with Crippen LogP contribution in [0.15, 0.2) is 18.3 Å². The number of ether oxygens (including phenoxy) is 1. The molecule has 0 saturated heterocycles. The van der Waals surface area contributed by atoms with Gasteiger partial charge in [0.1, 0.15) is 6.10 Å². The quantitative estimate of drug-likeness (QED) is 0.754. The maximum Gasteiger partial charge on any atom is 0.170 e. The van der Waals surface area contributed by atoms with Crippen molar-refractivity contribution in [2.24, 2.45) is 0 Å². The van der Waals surface area contributed by atoms with Gasteiger partial charge in [0, 0.05) is 13.3 Å². The summed E-state index contributed by atoms with van der Waals surface area (Å²) < 4.78 is 5.06. The largest absolute Gasteiger partial charge is 0.374 e. The fraction of sp³-hybridized carbons (Fsp3) is 0.500. The highest BCUT2D eigenvalue weighted by Gasteiger charge is 2.32. The molecule has 0 saturated carbocycles. The van der Waals surface area contributed by atoms with E-state index in [9.17, 15) is 4.79 Å². The van der Waals surface area contributed by atoms with E-state index in [1.165, 1.54) is 5.56 Å². The molecular weight excluding hydrogens is 190 g/mol. The molecule has 0 bridgehead atoms. The molecule has 2 rings (SSSR count). The second kappa shape index (κ2) is 4.11. The van der Waals surface area contributed by atoms with Gasteiger partial charge in [0.15, 0.2) is 5.78 Å². The number of hydrogen-bond acceptors (Lipinski definition) is 3. The molecule has 1 aromatic rings. The van der Waals surface area contributed by atoms with E-state index in [2.05, 4.69) is 4.98 Å². The lowest BCUT2D eigenvalue weighted by atomic mass is 9.98. The number of pyridine rings is 1. The van der Waals surface area contributed by atoms with Gasteiger partial charge in [0.25, 0.3) is 0 Å². The molecule has 2 unspecified atom stereocenters. The lowest BCUT2D eigenvalue weighted by Gasteiger charge is -2.14. The summed E-state index contributed by atoms with van der Waals surface area (Å²) in [5.74, 6) is 0.0890. The molecule has 0 aliphatic heterocycles. The maximum atomic E-state index is 12.0. The number of carbonyl (C=O) groups is 1. The zero-order chi connectivity index (χ0) is 10.8. The Morgan fingerprint density at radius 3 is 3.20 bits per heavy atom. The highest BCUT2D eigenvalue weighted by molar-refractivity contribution is 5.89. The molecule has 1 aliphatic carbocycles.